The first-order valence-electron chi connectivity index (χ1n) is 12.3. The zero-order chi connectivity index (χ0) is 27.5. The molecule has 0 spiro atoms. The number of ether oxygens (including phenoxy) is 2. The van der Waals surface area contributed by atoms with Gasteiger partial charge in [0.2, 0.25) is 17.6 Å². The molecule has 10 heteroatoms. The molecule has 3 aromatic rings. The van der Waals surface area contributed by atoms with E-state index in [-0.39, 0.29) is 17.9 Å². The molecule has 5 rings (SSSR count). The third kappa shape index (κ3) is 5.26. The summed E-state index contributed by atoms with van der Waals surface area (Å²) in [6.07, 6.45) is 2.68. The first-order valence-corrected chi connectivity index (χ1v) is 13.2. The minimum absolute atomic E-state index is 0.0258. The van der Waals surface area contributed by atoms with Gasteiger partial charge in [0.1, 0.15) is 16.8 Å². The molecule has 196 valence electrons. The predicted octanol–water partition coefficient (Wildman–Crippen LogP) is 3.91. The number of esters is 1. The molecule has 0 N–H and O–H groups in total. The number of fused-ring (bicyclic) bond motifs is 1. The number of pyridine rings is 1. The lowest BCUT2D eigenvalue weighted by Crippen LogP contribution is -2.31. The topological polar surface area (TPSA) is 127 Å². The fourth-order valence-corrected chi connectivity index (χ4v) is 5.73. The van der Waals surface area contributed by atoms with Crippen LogP contribution in [-0.2, 0) is 27.2 Å². The monoisotopic (exact) mass is 541 g/mol. The molecule has 9 nitrogen and oxygen atoms in total. The largest absolute Gasteiger partial charge is 0.496 e. The minimum atomic E-state index is -0.718. The lowest BCUT2D eigenvalue weighted by Gasteiger charge is -2.15. The average molecular weight is 542 g/mol. The SMILES string of the molecule is COc1ccccc1C(=O)COC(=O)c1ccc(N2C(=O)CC(Sc3nc4c(cc3C#N)CCC4)C2=O)cc1. The molecule has 1 atom stereocenters. The Labute approximate surface area is 228 Å². The number of carbonyl (C=O) groups is 4. The van der Waals surface area contributed by atoms with E-state index >= 15 is 0 Å². The third-order valence-corrected chi connectivity index (χ3v) is 7.79. The van der Waals surface area contributed by atoms with E-state index in [1.165, 1.54) is 31.4 Å². The number of nitriles is 1. The maximum absolute atomic E-state index is 13.2. The van der Waals surface area contributed by atoms with E-state index in [1.807, 2.05) is 6.07 Å². The quantitative estimate of drug-likeness (QED) is 0.237. The maximum atomic E-state index is 13.2. The number of methoxy groups -OCH3 is 1. The molecule has 1 saturated heterocycles. The summed E-state index contributed by atoms with van der Waals surface area (Å²) in [4.78, 5) is 56.6. The Morgan fingerprint density at radius 2 is 1.90 bits per heavy atom. The summed E-state index contributed by atoms with van der Waals surface area (Å²) in [5, 5.41) is 9.32. The Hall–Kier alpha value is -4.49. The number of nitrogens with zero attached hydrogens (tertiary/aromatic N) is 3. The number of benzene rings is 2. The lowest BCUT2D eigenvalue weighted by molar-refractivity contribution is -0.121. The van der Waals surface area contributed by atoms with E-state index in [1.54, 1.807) is 24.3 Å². The molecule has 2 aromatic carbocycles. The van der Waals surface area contributed by atoms with Gasteiger partial charge >= 0.3 is 5.97 Å². The van der Waals surface area contributed by atoms with Crippen molar-refractivity contribution in [2.75, 3.05) is 18.6 Å². The normalized spacial score (nSPS) is 16.1. The number of Topliss-reactive ketones (excluding diaryl/α,β-unsaturated/α-hetero) is 1. The smallest absolute Gasteiger partial charge is 0.338 e. The van der Waals surface area contributed by atoms with E-state index in [0.29, 0.717) is 27.6 Å². The molecule has 2 amide bonds. The number of hydrogen-bond donors (Lipinski definition) is 0. The molecule has 0 radical (unpaired) electrons. The van der Waals surface area contributed by atoms with Crippen molar-refractivity contribution in [3.8, 4) is 11.8 Å². The van der Waals surface area contributed by atoms with Crippen LogP contribution < -0.4 is 9.64 Å². The number of amides is 2. The second kappa shape index (κ2) is 11.1. The van der Waals surface area contributed by atoms with Crippen molar-refractivity contribution in [1.82, 2.24) is 4.98 Å². The van der Waals surface area contributed by atoms with E-state index in [2.05, 4.69) is 11.1 Å². The van der Waals surface area contributed by atoms with Crippen molar-refractivity contribution < 1.29 is 28.7 Å². The van der Waals surface area contributed by atoms with Gasteiger partial charge in [0.05, 0.1) is 34.7 Å². The van der Waals surface area contributed by atoms with E-state index < -0.39 is 29.5 Å². The van der Waals surface area contributed by atoms with Gasteiger partial charge < -0.3 is 9.47 Å². The first kappa shape index (κ1) is 26.1. The number of hydrogen-bond acceptors (Lipinski definition) is 9. The van der Waals surface area contributed by atoms with Crippen molar-refractivity contribution >= 4 is 41.0 Å². The molecule has 2 aliphatic rings. The Kier molecular flexibility index (Phi) is 7.43. The summed E-state index contributed by atoms with van der Waals surface area (Å²) in [5.74, 6) is -1.53. The lowest BCUT2D eigenvalue weighted by atomic mass is 10.1. The number of aromatic nitrogens is 1. The van der Waals surface area contributed by atoms with Gasteiger partial charge in [-0.1, -0.05) is 23.9 Å². The molecule has 0 bridgehead atoms. The van der Waals surface area contributed by atoms with Crippen molar-refractivity contribution in [2.24, 2.45) is 0 Å². The van der Waals surface area contributed by atoms with Crippen molar-refractivity contribution in [1.29, 1.82) is 5.26 Å². The zero-order valence-electron chi connectivity index (χ0n) is 21.0. The highest BCUT2D eigenvalue weighted by Crippen LogP contribution is 2.36. The summed E-state index contributed by atoms with van der Waals surface area (Å²) in [5.41, 5.74) is 3.20. The van der Waals surface area contributed by atoms with Crippen LogP contribution in [0.15, 0.2) is 59.6 Å². The highest BCUT2D eigenvalue weighted by atomic mass is 32.2. The van der Waals surface area contributed by atoms with Gasteiger partial charge in [-0.15, -0.1) is 0 Å². The molecule has 39 heavy (non-hydrogen) atoms. The Bertz CT molecular complexity index is 1530. The van der Waals surface area contributed by atoms with Gasteiger partial charge in [0, 0.05) is 12.1 Å². The van der Waals surface area contributed by atoms with Crippen LogP contribution in [0.5, 0.6) is 5.75 Å². The molecular formula is C29H23N3O6S. The molecule has 2 heterocycles. The fourth-order valence-electron chi connectivity index (χ4n) is 4.64. The van der Waals surface area contributed by atoms with Crippen LogP contribution in [0.3, 0.4) is 0 Å². The van der Waals surface area contributed by atoms with Gasteiger partial charge in [-0.05, 0) is 67.3 Å². The van der Waals surface area contributed by atoms with Crippen molar-refractivity contribution in [2.45, 2.75) is 36.0 Å². The zero-order valence-corrected chi connectivity index (χ0v) is 21.8. The van der Waals surface area contributed by atoms with E-state index in [4.69, 9.17) is 9.47 Å². The highest BCUT2D eigenvalue weighted by molar-refractivity contribution is 8.00. The highest BCUT2D eigenvalue weighted by Gasteiger charge is 2.41. The molecule has 1 aliphatic carbocycles. The first-order chi connectivity index (χ1) is 18.9. The standard InChI is InChI=1S/C29H23N3O6S/c1-37-24-8-3-2-6-21(24)23(33)16-38-29(36)17-9-11-20(12-10-17)32-26(34)14-25(28(32)35)39-27-19(15-30)13-18-5-4-7-22(18)31-27/h2-3,6,8-13,25H,4-5,7,14,16H2,1H3. The van der Waals surface area contributed by atoms with Crippen molar-refractivity contribution in [3.05, 3.63) is 82.5 Å². The Morgan fingerprint density at radius 3 is 2.64 bits per heavy atom. The summed E-state index contributed by atoms with van der Waals surface area (Å²) in [7, 11) is 1.45. The Morgan fingerprint density at radius 1 is 1.13 bits per heavy atom. The number of carbonyl (C=O) groups excluding carboxylic acids is 4. The fraction of sp³-hybridized carbons (Fsp3) is 0.241. The van der Waals surface area contributed by atoms with Crippen LogP contribution in [0.1, 0.15) is 50.4 Å². The number of para-hydroxylation sites is 1. The number of thioether (sulfide) groups is 1. The summed E-state index contributed by atoms with van der Waals surface area (Å²) < 4.78 is 10.3. The van der Waals surface area contributed by atoms with Crippen LogP contribution in [0.2, 0.25) is 0 Å². The average Bonchev–Trinajstić information content (AvgIpc) is 3.53. The van der Waals surface area contributed by atoms with Gasteiger partial charge in [0.25, 0.3) is 0 Å². The third-order valence-electron chi connectivity index (χ3n) is 6.60. The van der Waals surface area contributed by atoms with Gasteiger partial charge in [0.15, 0.2) is 6.61 Å². The second-order valence-electron chi connectivity index (χ2n) is 9.04. The molecule has 1 aromatic heterocycles. The molecule has 0 saturated carbocycles. The van der Waals surface area contributed by atoms with Gasteiger partial charge in [-0.25, -0.2) is 14.7 Å². The molecular weight excluding hydrogens is 518 g/mol. The summed E-state index contributed by atoms with van der Waals surface area (Å²) in [6, 6.07) is 16.5. The number of rotatable bonds is 8. The number of ketones is 1. The van der Waals surface area contributed by atoms with Crippen LogP contribution in [0.25, 0.3) is 0 Å². The molecule has 1 aliphatic heterocycles. The number of aryl methyl sites for hydroxylation is 2. The number of anilines is 1. The van der Waals surface area contributed by atoms with Crippen LogP contribution >= 0.6 is 11.8 Å². The summed E-state index contributed by atoms with van der Waals surface area (Å²) in [6.45, 7) is -0.468. The van der Waals surface area contributed by atoms with Crippen molar-refractivity contribution in [3.63, 3.8) is 0 Å². The molecule has 1 unspecified atom stereocenters. The predicted molar refractivity (Wildman–Crippen MR) is 142 cm³/mol. The minimum Gasteiger partial charge on any atom is -0.496 e. The maximum Gasteiger partial charge on any atom is 0.338 e. The van der Waals surface area contributed by atoms with Crippen LogP contribution in [-0.4, -0.2) is 47.5 Å². The second-order valence-corrected chi connectivity index (χ2v) is 10.2. The van der Waals surface area contributed by atoms with E-state index in [9.17, 15) is 24.4 Å². The molecule has 1 fully saturated rings. The summed E-state index contributed by atoms with van der Waals surface area (Å²) >= 11 is 1.14. The van der Waals surface area contributed by atoms with E-state index in [0.717, 1.165) is 47.2 Å². The van der Waals surface area contributed by atoms with Crippen LogP contribution in [0.4, 0.5) is 5.69 Å². The van der Waals surface area contributed by atoms with Gasteiger partial charge in [-0.3, -0.25) is 14.4 Å². The Balaban J connectivity index is 1.24. The van der Waals surface area contributed by atoms with Gasteiger partial charge in [-0.2, -0.15) is 5.26 Å². The number of imide groups is 1. The van der Waals surface area contributed by atoms with Crippen LogP contribution in [0, 0.1) is 11.3 Å².